The van der Waals surface area contributed by atoms with E-state index in [4.69, 9.17) is 4.74 Å². The third kappa shape index (κ3) is 4.82. The van der Waals surface area contributed by atoms with Crippen molar-refractivity contribution in [2.24, 2.45) is 0 Å². The molecule has 0 unspecified atom stereocenters. The number of esters is 1. The van der Waals surface area contributed by atoms with Gasteiger partial charge in [-0.25, -0.2) is 0 Å². The van der Waals surface area contributed by atoms with Crippen molar-refractivity contribution in [3.63, 3.8) is 0 Å². The maximum absolute atomic E-state index is 11.0. The number of hydrogen-bond acceptors (Lipinski definition) is 5. The molecule has 6 heteroatoms. The number of anilines is 1. The van der Waals surface area contributed by atoms with E-state index in [9.17, 15) is 14.9 Å². The summed E-state index contributed by atoms with van der Waals surface area (Å²) in [5.41, 5.74) is 0.858. The number of rotatable bonds is 7. The Balaban J connectivity index is 2.27. The number of non-ortho nitro benzene ring substituents is 1. The third-order valence-corrected chi connectivity index (χ3v) is 2.27. The lowest BCUT2D eigenvalue weighted by Gasteiger charge is -2.05. The first kappa shape index (κ1) is 14.0. The van der Waals surface area contributed by atoms with Crippen LogP contribution in [0.2, 0.25) is 0 Å². The van der Waals surface area contributed by atoms with E-state index in [0.29, 0.717) is 26.0 Å². The van der Waals surface area contributed by atoms with Crippen LogP contribution in [0, 0.1) is 10.1 Å². The summed E-state index contributed by atoms with van der Waals surface area (Å²) in [6, 6.07) is 6.16. The average molecular weight is 252 g/mol. The van der Waals surface area contributed by atoms with Crippen molar-refractivity contribution in [2.45, 2.75) is 19.8 Å². The van der Waals surface area contributed by atoms with Crippen molar-refractivity contribution >= 4 is 17.3 Å². The standard InChI is InChI=1S/C12H16N2O4/c1-2-18-12(15)4-3-9-13-10-5-7-11(8-6-10)14(16)17/h5-8,13H,2-4,9H2,1H3. The van der Waals surface area contributed by atoms with Crippen LogP contribution in [0.25, 0.3) is 0 Å². The highest BCUT2D eigenvalue weighted by Crippen LogP contribution is 2.15. The number of benzene rings is 1. The molecule has 0 aliphatic heterocycles. The number of carbonyl (C=O) groups excluding carboxylic acids is 1. The van der Waals surface area contributed by atoms with Crippen LogP contribution in [0.3, 0.4) is 0 Å². The summed E-state index contributed by atoms with van der Waals surface area (Å²) < 4.78 is 4.79. The van der Waals surface area contributed by atoms with Crippen LogP contribution in [0.1, 0.15) is 19.8 Å². The van der Waals surface area contributed by atoms with Crippen LogP contribution in [0.15, 0.2) is 24.3 Å². The average Bonchev–Trinajstić information content (AvgIpc) is 2.35. The van der Waals surface area contributed by atoms with E-state index in [1.807, 2.05) is 0 Å². The van der Waals surface area contributed by atoms with Gasteiger partial charge in [-0.05, 0) is 25.5 Å². The minimum atomic E-state index is -0.440. The summed E-state index contributed by atoms with van der Waals surface area (Å²) in [7, 11) is 0. The van der Waals surface area contributed by atoms with Crippen molar-refractivity contribution in [3.8, 4) is 0 Å². The lowest BCUT2D eigenvalue weighted by Crippen LogP contribution is -2.08. The normalized spacial score (nSPS) is 9.83. The molecule has 18 heavy (non-hydrogen) atoms. The Kier molecular flexibility index (Phi) is 5.63. The van der Waals surface area contributed by atoms with Gasteiger partial charge in [-0.3, -0.25) is 14.9 Å². The van der Waals surface area contributed by atoms with Crippen molar-refractivity contribution in [3.05, 3.63) is 34.4 Å². The van der Waals surface area contributed by atoms with E-state index in [-0.39, 0.29) is 11.7 Å². The minimum absolute atomic E-state index is 0.0621. The SMILES string of the molecule is CCOC(=O)CCCNc1ccc([N+](=O)[O-])cc1. The Labute approximate surface area is 105 Å². The molecule has 0 aliphatic rings. The first-order valence-electron chi connectivity index (χ1n) is 5.77. The van der Waals surface area contributed by atoms with E-state index in [1.165, 1.54) is 12.1 Å². The Hall–Kier alpha value is -2.11. The second-order valence-corrected chi connectivity index (χ2v) is 3.64. The zero-order valence-electron chi connectivity index (χ0n) is 10.2. The van der Waals surface area contributed by atoms with Gasteiger partial charge in [0, 0.05) is 30.8 Å². The molecule has 98 valence electrons. The summed E-state index contributed by atoms with van der Waals surface area (Å²) in [4.78, 5) is 21.1. The fourth-order valence-electron chi connectivity index (χ4n) is 1.40. The maximum Gasteiger partial charge on any atom is 0.305 e. The second kappa shape index (κ2) is 7.26. The van der Waals surface area contributed by atoms with E-state index >= 15 is 0 Å². The Morgan fingerprint density at radius 3 is 2.61 bits per heavy atom. The van der Waals surface area contributed by atoms with Crippen LogP contribution >= 0.6 is 0 Å². The molecule has 0 amide bonds. The maximum atomic E-state index is 11.0. The number of nitrogens with one attached hydrogen (secondary N) is 1. The van der Waals surface area contributed by atoms with Crippen molar-refractivity contribution in [2.75, 3.05) is 18.5 Å². The van der Waals surface area contributed by atoms with Crippen LogP contribution in [-0.4, -0.2) is 24.0 Å². The molecule has 1 aromatic carbocycles. The molecule has 0 heterocycles. The molecule has 0 atom stereocenters. The molecule has 0 fully saturated rings. The molecular weight excluding hydrogens is 236 g/mol. The molecule has 1 rings (SSSR count). The minimum Gasteiger partial charge on any atom is -0.466 e. The lowest BCUT2D eigenvalue weighted by molar-refractivity contribution is -0.384. The van der Waals surface area contributed by atoms with Gasteiger partial charge < -0.3 is 10.1 Å². The van der Waals surface area contributed by atoms with Gasteiger partial charge in [0.05, 0.1) is 11.5 Å². The van der Waals surface area contributed by atoms with Crippen LogP contribution in [0.4, 0.5) is 11.4 Å². The predicted octanol–water partition coefficient (Wildman–Crippen LogP) is 2.35. The van der Waals surface area contributed by atoms with Crippen LogP contribution < -0.4 is 5.32 Å². The predicted molar refractivity (Wildman–Crippen MR) is 67.5 cm³/mol. The summed E-state index contributed by atoms with van der Waals surface area (Å²) in [6.45, 7) is 2.79. The van der Waals surface area contributed by atoms with E-state index in [2.05, 4.69) is 5.32 Å². The van der Waals surface area contributed by atoms with E-state index in [1.54, 1.807) is 19.1 Å². The third-order valence-electron chi connectivity index (χ3n) is 2.27. The molecular formula is C12H16N2O4. The molecule has 0 saturated carbocycles. The van der Waals surface area contributed by atoms with Gasteiger partial charge >= 0.3 is 5.97 Å². The molecule has 0 radical (unpaired) electrons. The number of hydrogen-bond donors (Lipinski definition) is 1. The molecule has 6 nitrogen and oxygen atoms in total. The number of nitro groups is 1. The van der Waals surface area contributed by atoms with Gasteiger partial charge in [-0.15, -0.1) is 0 Å². The zero-order valence-corrected chi connectivity index (χ0v) is 10.2. The largest absolute Gasteiger partial charge is 0.466 e. The second-order valence-electron chi connectivity index (χ2n) is 3.64. The smallest absolute Gasteiger partial charge is 0.305 e. The quantitative estimate of drug-likeness (QED) is 0.348. The van der Waals surface area contributed by atoms with Crippen LogP contribution in [-0.2, 0) is 9.53 Å². The molecule has 0 spiro atoms. The Morgan fingerprint density at radius 1 is 1.39 bits per heavy atom. The van der Waals surface area contributed by atoms with Gasteiger partial charge in [0.2, 0.25) is 0 Å². The summed E-state index contributed by atoms with van der Waals surface area (Å²) >= 11 is 0. The zero-order chi connectivity index (χ0) is 13.4. The van der Waals surface area contributed by atoms with Gasteiger partial charge in [0.1, 0.15) is 0 Å². The lowest BCUT2D eigenvalue weighted by atomic mass is 10.2. The van der Waals surface area contributed by atoms with Gasteiger partial charge in [0.25, 0.3) is 5.69 Å². The number of nitrogens with zero attached hydrogens (tertiary/aromatic N) is 1. The topological polar surface area (TPSA) is 81.5 Å². The van der Waals surface area contributed by atoms with E-state index < -0.39 is 4.92 Å². The molecule has 0 bridgehead atoms. The van der Waals surface area contributed by atoms with Crippen LogP contribution in [0.5, 0.6) is 0 Å². The van der Waals surface area contributed by atoms with Crippen molar-refractivity contribution in [1.82, 2.24) is 0 Å². The van der Waals surface area contributed by atoms with Gasteiger partial charge in [-0.1, -0.05) is 0 Å². The highest BCUT2D eigenvalue weighted by molar-refractivity contribution is 5.69. The molecule has 1 aromatic rings. The number of carbonyl (C=O) groups is 1. The Bertz CT molecular complexity index is 403. The van der Waals surface area contributed by atoms with E-state index in [0.717, 1.165) is 5.69 Å². The molecule has 0 aromatic heterocycles. The Morgan fingerprint density at radius 2 is 2.06 bits per heavy atom. The first-order chi connectivity index (χ1) is 8.63. The number of ether oxygens (including phenoxy) is 1. The summed E-state index contributed by atoms with van der Waals surface area (Å²) in [5.74, 6) is -0.206. The summed E-state index contributed by atoms with van der Waals surface area (Å²) in [5, 5.41) is 13.5. The molecule has 1 N–H and O–H groups in total. The first-order valence-corrected chi connectivity index (χ1v) is 5.77. The number of nitro benzene ring substituents is 1. The summed E-state index contributed by atoms with van der Waals surface area (Å²) in [6.07, 6.45) is 1.03. The molecule has 0 saturated heterocycles. The monoisotopic (exact) mass is 252 g/mol. The highest BCUT2D eigenvalue weighted by atomic mass is 16.6. The fraction of sp³-hybridized carbons (Fsp3) is 0.417. The fourth-order valence-corrected chi connectivity index (χ4v) is 1.40. The van der Waals surface area contributed by atoms with Gasteiger partial charge in [-0.2, -0.15) is 0 Å². The highest BCUT2D eigenvalue weighted by Gasteiger charge is 2.04. The van der Waals surface area contributed by atoms with Gasteiger partial charge in [0.15, 0.2) is 0 Å². The van der Waals surface area contributed by atoms with Crippen molar-refractivity contribution in [1.29, 1.82) is 0 Å². The van der Waals surface area contributed by atoms with Crippen molar-refractivity contribution < 1.29 is 14.5 Å². The molecule has 0 aliphatic carbocycles.